The highest BCUT2D eigenvalue weighted by Gasteiger charge is 2.18. The summed E-state index contributed by atoms with van der Waals surface area (Å²) < 4.78 is 28.7. The number of halogens is 2. The molecule has 2 aromatic rings. The van der Waals surface area contributed by atoms with E-state index in [0.29, 0.717) is 28.0 Å². The normalized spacial score (nSPS) is 11.5. The Morgan fingerprint density at radius 2 is 1.75 bits per heavy atom. The summed E-state index contributed by atoms with van der Waals surface area (Å²) in [6.45, 7) is 1.58. The van der Waals surface area contributed by atoms with Gasteiger partial charge < -0.3 is 19.5 Å². The fourth-order valence-electron chi connectivity index (χ4n) is 1.96. The van der Waals surface area contributed by atoms with Gasteiger partial charge >= 0.3 is 0 Å². The van der Waals surface area contributed by atoms with E-state index in [1.54, 1.807) is 19.1 Å². The second-order valence-electron chi connectivity index (χ2n) is 4.89. The van der Waals surface area contributed by atoms with Crippen LogP contribution in [-0.4, -0.2) is 26.2 Å². The van der Waals surface area contributed by atoms with Crippen molar-refractivity contribution in [2.75, 3.05) is 19.5 Å². The lowest BCUT2D eigenvalue weighted by Crippen LogP contribution is -2.30. The summed E-state index contributed by atoms with van der Waals surface area (Å²) in [5.41, 5.74) is 0.401. The number of carbonyl (C=O) groups is 1. The highest BCUT2D eigenvalue weighted by atomic mass is 35.5. The standard InChI is InChI=1S/C17H17ClFNO4/c1-10(24-12-6-4-11(19)5-7-12)17(21)20-14-9-15(22-2)13(18)8-16(14)23-3/h4-10H,1-3H3,(H,20,21)/t10-/m1/s1. The maximum absolute atomic E-state index is 12.9. The van der Waals surface area contributed by atoms with Crippen molar-refractivity contribution in [3.63, 3.8) is 0 Å². The van der Waals surface area contributed by atoms with Crippen molar-refractivity contribution in [3.8, 4) is 17.2 Å². The molecule has 0 spiro atoms. The zero-order valence-corrected chi connectivity index (χ0v) is 14.2. The molecule has 0 aliphatic carbocycles. The first-order valence-electron chi connectivity index (χ1n) is 7.09. The van der Waals surface area contributed by atoms with Crippen molar-refractivity contribution in [2.45, 2.75) is 13.0 Å². The van der Waals surface area contributed by atoms with Gasteiger partial charge in [-0.1, -0.05) is 11.6 Å². The minimum absolute atomic E-state index is 0.364. The first-order valence-corrected chi connectivity index (χ1v) is 7.47. The van der Waals surface area contributed by atoms with Crippen molar-refractivity contribution in [1.82, 2.24) is 0 Å². The molecule has 128 valence electrons. The van der Waals surface area contributed by atoms with Crippen LogP contribution in [0.1, 0.15) is 6.92 Å². The molecule has 1 amide bonds. The zero-order chi connectivity index (χ0) is 17.7. The Hall–Kier alpha value is -2.47. The predicted octanol–water partition coefficient (Wildman–Crippen LogP) is 3.90. The topological polar surface area (TPSA) is 56.8 Å². The predicted molar refractivity (Wildman–Crippen MR) is 89.7 cm³/mol. The summed E-state index contributed by atoms with van der Waals surface area (Å²) in [7, 11) is 2.94. The van der Waals surface area contributed by atoms with Gasteiger partial charge in [-0.3, -0.25) is 4.79 Å². The molecule has 0 unspecified atom stereocenters. The van der Waals surface area contributed by atoms with E-state index in [-0.39, 0.29) is 5.82 Å². The number of hydrogen-bond acceptors (Lipinski definition) is 4. The largest absolute Gasteiger partial charge is 0.495 e. The van der Waals surface area contributed by atoms with Crippen molar-refractivity contribution in [2.24, 2.45) is 0 Å². The lowest BCUT2D eigenvalue weighted by atomic mass is 10.2. The molecular weight excluding hydrogens is 337 g/mol. The van der Waals surface area contributed by atoms with Gasteiger partial charge in [-0.2, -0.15) is 0 Å². The number of anilines is 1. The van der Waals surface area contributed by atoms with E-state index >= 15 is 0 Å². The van der Waals surface area contributed by atoms with Crippen LogP contribution in [0.2, 0.25) is 5.02 Å². The monoisotopic (exact) mass is 353 g/mol. The quantitative estimate of drug-likeness (QED) is 0.855. The Morgan fingerprint density at radius 1 is 1.12 bits per heavy atom. The molecule has 2 rings (SSSR count). The molecule has 0 radical (unpaired) electrons. The van der Waals surface area contributed by atoms with Crippen molar-refractivity contribution >= 4 is 23.2 Å². The fraction of sp³-hybridized carbons (Fsp3) is 0.235. The highest BCUT2D eigenvalue weighted by molar-refractivity contribution is 6.32. The van der Waals surface area contributed by atoms with Gasteiger partial charge in [0.1, 0.15) is 23.1 Å². The summed E-state index contributed by atoms with van der Waals surface area (Å²) >= 11 is 6.03. The number of ether oxygens (including phenoxy) is 3. The number of benzene rings is 2. The highest BCUT2D eigenvalue weighted by Crippen LogP contribution is 2.35. The van der Waals surface area contributed by atoms with Crippen LogP contribution in [-0.2, 0) is 4.79 Å². The number of carbonyl (C=O) groups excluding carboxylic acids is 1. The minimum atomic E-state index is -0.804. The van der Waals surface area contributed by atoms with Crippen molar-refractivity contribution in [1.29, 1.82) is 0 Å². The van der Waals surface area contributed by atoms with E-state index in [4.69, 9.17) is 25.8 Å². The van der Waals surface area contributed by atoms with Gasteiger partial charge in [0, 0.05) is 12.1 Å². The SMILES string of the molecule is COc1cc(NC(=O)[C@@H](C)Oc2ccc(F)cc2)c(OC)cc1Cl. The Kier molecular flexibility index (Phi) is 5.87. The summed E-state index contributed by atoms with van der Waals surface area (Å²) in [6.07, 6.45) is -0.804. The molecule has 1 atom stereocenters. The van der Waals surface area contributed by atoms with Gasteiger partial charge in [0.25, 0.3) is 5.91 Å². The summed E-state index contributed by atoms with van der Waals surface area (Å²) in [6, 6.07) is 8.52. The third kappa shape index (κ3) is 4.29. The minimum Gasteiger partial charge on any atom is -0.495 e. The smallest absolute Gasteiger partial charge is 0.265 e. The summed E-state index contributed by atoms with van der Waals surface area (Å²) in [5.74, 6) is 0.405. The van der Waals surface area contributed by atoms with E-state index in [2.05, 4.69) is 5.32 Å². The molecule has 5 nitrogen and oxygen atoms in total. The van der Waals surface area contributed by atoms with Gasteiger partial charge in [0.15, 0.2) is 6.10 Å². The molecule has 2 aromatic carbocycles. The Morgan fingerprint density at radius 3 is 2.33 bits per heavy atom. The van der Waals surface area contributed by atoms with Crippen LogP contribution in [0.4, 0.5) is 10.1 Å². The molecule has 0 bridgehead atoms. The van der Waals surface area contributed by atoms with Crippen molar-refractivity contribution in [3.05, 3.63) is 47.2 Å². The van der Waals surface area contributed by atoms with E-state index in [1.807, 2.05) is 0 Å². The number of rotatable bonds is 6. The van der Waals surface area contributed by atoms with Gasteiger partial charge in [-0.25, -0.2) is 4.39 Å². The third-order valence-electron chi connectivity index (χ3n) is 3.23. The van der Waals surface area contributed by atoms with Crippen molar-refractivity contribution < 1.29 is 23.4 Å². The Balaban J connectivity index is 2.12. The Bertz CT molecular complexity index is 721. The molecule has 1 N–H and O–H groups in total. The van der Waals surface area contributed by atoms with Crippen LogP contribution < -0.4 is 19.5 Å². The summed E-state index contributed by atoms with van der Waals surface area (Å²) in [5, 5.41) is 3.06. The lowest BCUT2D eigenvalue weighted by molar-refractivity contribution is -0.122. The van der Waals surface area contributed by atoms with Crippen LogP contribution in [0.25, 0.3) is 0 Å². The van der Waals surface area contributed by atoms with Gasteiger partial charge in [0.2, 0.25) is 0 Å². The number of nitrogens with one attached hydrogen (secondary N) is 1. The average Bonchev–Trinajstić information content (AvgIpc) is 2.57. The molecular formula is C17H17ClFNO4. The molecule has 0 heterocycles. The van der Waals surface area contributed by atoms with E-state index in [1.165, 1.54) is 38.5 Å². The molecule has 24 heavy (non-hydrogen) atoms. The number of amides is 1. The first-order chi connectivity index (χ1) is 11.4. The van der Waals surface area contributed by atoms with E-state index in [9.17, 15) is 9.18 Å². The van der Waals surface area contributed by atoms with Crippen LogP contribution in [0.3, 0.4) is 0 Å². The van der Waals surface area contributed by atoms with Crippen LogP contribution in [0.5, 0.6) is 17.2 Å². The molecule has 0 aliphatic rings. The average molecular weight is 354 g/mol. The zero-order valence-electron chi connectivity index (χ0n) is 13.4. The third-order valence-corrected chi connectivity index (χ3v) is 3.52. The van der Waals surface area contributed by atoms with Gasteiger partial charge in [0.05, 0.1) is 24.9 Å². The molecule has 7 heteroatoms. The van der Waals surface area contributed by atoms with E-state index in [0.717, 1.165) is 0 Å². The maximum Gasteiger partial charge on any atom is 0.265 e. The first kappa shape index (κ1) is 17.9. The Labute approximate surface area is 144 Å². The second-order valence-corrected chi connectivity index (χ2v) is 5.30. The summed E-state index contributed by atoms with van der Waals surface area (Å²) in [4.78, 5) is 12.3. The number of methoxy groups -OCH3 is 2. The van der Waals surface area contributed by atoms with Gasteiger partial charge in [-0.15, -0.1) is 0 Å². The fourth-order valence-corrected chi connectivity index (χ4v) is 2.19. The maximum atomic E-state index is 12.9. The molecule has 0 saturated heterocycles. The molecule has 0 fully saturated rings. The number of hydrogen-bond donors (Lipinski definition) is 1. The lowest BCUT2D eigenvalue weighted by Gasteiger charge is -2.17. The van der Waals surface area contributed by atoms with Crippen LogP contribution >= 0.6 is 11.6 Å². The van der Waals surface area contributed by atoms with Gasteiger partial charge in [-0.05, 0) is 31.2 Å². The molecule has 0 saturated carbocycles. The van der Waals surface area contributed by atoms with Crippen LogP contribution in [0.15, 0.2) is 36.4 Å². The molecule has 0 aliphatic heterocycles. The second kappa shape index (κ2) is 7.88. The van der Waals surface area contributed by atoms with Crippen LogP contribution in [0, 0.1) is 5.82 Å². The van der Waals surface area contributed by atoms with E-state index < -0.39 is 12.0 Å². The molecule has 0 aromatic heterocycles.